The van der Waals surface area contributed by atoms with E-state index in [1.807, 2.05) is 24.3 Å². The molecule has 1 aromatic carbocycles. The molecule has 3 heteroatoms. The molecule has 1 aromatic rings. The van der Waals surface area contributed by atoms with Crippen LogP contribution in [-0.4, -0.2) is 17.8 Å². The zero-order valence-electron chi connectivity index (χ0n) is 7.57. The van der Waals surface area contributed by atoms with Gasteiger partial charge in [0.2, 0.25) is 0 Å². The van der Waals surface area contributed by atoms with Crippen molar-refractivity contribution in [2.45, 2.75) is 18.9 Å². The Labute approximate surface area is 86.9 Å². The summed E-state index contributed by atoms with van der Waals surface area (Å²) in [6, 6.07) is 7.84. The van der Waals surface area contributed by atoms with Gasteiger partial charge in [0.1, 0.15) is 0 Å². The molecular weight excluding hydrogens is 230 g/mol. The summed E-state index contributed by atoms with van der Waals surface area (Å²) in [5.74, 6) is 0.00979. The number of hydrogen-bond acceptors (Lipinski definition) is 2. The highest BCUT2D eigenvalue weighted by Crippen LogP contribution is 2.26. The predicted octanol–water partition coefficient (Wildman–Crippen LogP) is 1.87. The maximum Gasteiger partial charge on any atom is 0.0593 e. The van der Waals surface area contributed by atoms with Crippen LogP contribution in [0.1, 0.15) is 18.4 Å². The predicted molar refractivity (Wildman–Crippen MR) is 57.6 cm³/mol. The minimum atomic E-state index is -0.413. The van der Waals surface area contributed by atoms with Gasteiger partial charge in [-0.2, -0.15) is 0 Å². The number of hydrogen-bond donors (Lipinski definition) is 2. The van der Waals surface area contributed by atoms with Crippen molar-refractivity contribution in [3.63, 3.8) is 0 Å². The smallest absolute Gasteiger partial charge is 0.0593 e. The molecular formula is C10H14BrNO. The lowest BCUT2D eigenvalue weighted by molar-refractivity contribution is 0.164. The first-order valence-electron chi connectivity index (χ1n) is 4.29. The molecule has 0 fully saturated rings. The Balaban J connectivity index is 2.97. The molecule has 3 N–H and O–H groups in total. The van der Waals surface area contributed by atoms with E-state index in [0.717, 1.165) is 10.0 Å². The van der Waals surface area contributed by atoms with E-state index in [0.29, 0.717) is 6.54 Å². The first-order valence-corrected chi connectivity index (χ1v) is 5.08. The average molecular weight is 244 g/mol. The molecule has 0 saturated heterocycles. The van der Waals surface area contributed by atoms with Crippen LogP contribution in [0.3, 0.4) is 0 Å². The summed E-state index contributed by atoms with van der Waals surface area (Å²) in [5, 5.41) is 9.49. The molecule has 0 radical (unpaired) electrons. The molecule has 2 nitrogen and oxygen atoms in total. The second-order valence-corrected chi connectivity index (χ2v) is 3.96. The Morgan fingerprint density at radius 1 is 1.46 bits per heavy atom. The maximum atomic E-state index is 9.49. The SMILES string of the molecule is CC(O)C(CN)c1ccccc1Br. The average Bonchev–Trinajstić information content (AvgIpc) is 2.09. The van der Waals surface area contributed by atoms with E-state index >= 15 is 0 Å². The monoisotopic (exact) mass is 243 g/mol. The highest BCUT2D eigenvalue weighted by molar-refractivity contribution is 9.10. The van der Waals surface area contributed by atoms with Crippen molar-refractivity contribution in [1.82, 2.24) is 0 Å². The maximum absolute atomic E-state index is 9.49. The van der Waals surface area contributed by atoms with Crippen molar-refractivity contribution in [3.05, 3.63) is 34.3 Å². The summed E-state index contributed by atoms with van der Waals surface area (Å²) >= 11 is 3.44. The molecule has 0 bridgehead atoms. The van der Waals surface area contributed by atoms with Gasteiger partial charge in [-0.15, -0.1) is 0 Å². The van der Waals surface area contributed by atoms with E-state index in [1.165, 1.54) is 0 Å². The first-order chi connectivity index (χ1) is 6.16. The van der Waals surface area contributed by atoms with Crippen LogP contribution in [0.2, 0.25) is 0 Å². The van der Waals surface area contributed by atoms with Crippen LogP contribution in [0.4, 0.5) is 0 Å². The minimum absolute atomic E-state index is 0.00979. The van der Waals surface area contributed by atoms with E-state index < -0.39 is 6.10 Å². The van der Waals surface area contributed by atoms with Crippen LogP contribution in [0.25, 0.3) is 0 Å². The topological polar surface area (TPSA) is 46.2 Å². The van der Waals surface area contributed by atoms with Gasteiger partial charge in [-0.25, -0.2) is 0 Å². The van der Waals surface area contributed by atoms with Crippen LogP contribution in [-0.2, 0) is 0 Å². The van der Waals surface area contributed by atoms with Gasteiger partial charge >= 0.3 is 0 Å². The molecule has 0 saturated carbocycles. The number of nitrogens with two attached hydrogens (primary N) is 1. The van der Waals surface area contributed by atoms with Crippen molar-refractivity contribution >= 4 is 15.9 Å². The first kappa shape index (κ1) is 10.7. The standard InChI is InChI=1S/C10H14BrNO/c1-7(13)9(6-12)8-4-2-3-5-10(8)11/h2-5,7,9,13H,6,12H2,1H3. The van der Waals surface area contributed by atoms with Gasteiger partial charge in [0.15, 0.2) is 0 Å². The number of rotatable bonds is 3. The normalized spacial score (nSPS) is 15.4. The molecule has 2 unspecified atom stereocenters. The van der Waals surface area contributed by atoms with E-state index in [2.05, 4.69) is 15.9 Å². The van der Waals surface area contributed by atoms with Gasteiger partial charge in [-0.05, 0) is 18.6 Å². The van der Waals surface area contributed by atoms with Crippen molar-refractivity contribution in [2.75, 3.05) is 6.54 Å². The quantitative estimate of drug-likeness (QED) is 0.852. The zero-order valence-corrected chi connectivity index (χ0v) is 9.16. The molecule has 0 aliphatic heterocycles. The van der Waals surface area contributed by atoms with Crippen molar-refractivity contribution in [1.29, 1.82) is 0 Å². The van der Waals surface area contributed by atoms with E-state index in [9.17, 15) is 5.11 Å². The van der Waals surface area contributed by atoms with Crippen LogP contribution in [0, 0.1) is 0 Å². The Hall–Kier alpha value is -0.380. The molecule has 0 heterocycles. The lowest BCUT2D eigenvalue weighted by Gasteiger charge is -2.19. The van der Waals surface area contributed by atoms with Crippen LogP contribution in [0.15, 0.2) is 28.7 Å². The van der Waals surface area contributed by atoms with E-state index in [4.69, 9.17) is 5.73 Å². The zero-order chi connectivity index (χ0) is 9.84. The Morgan fingerprint density at radius 2 is 2.08 bits per heavy atom. The molecule has 0 spiro atoms. The Bertz CT molecular complexity index is 275. The van der Waals surface area contributed by atoms with Gasteiger partial charge in [0, 0.05) is 16.9 Å². The highest BCUT2D eigenvalue weighted by atomic mass is 79.9. The summed E-state index contributed by atoms with van der Waals surface area (Å²) in [6.07, 6.45) is -0.413. The fourth-order valence-corrected chi connectivity index (χ4v) is 1.94. The number of aliphatic hydroxyl groups excluding tert-OH is 1. The Morgan fingerprint density at radius 3 is 2.54 bits per heavy atom. The third-order valence-electron chi connectivity index (χ3n) is 2.14. The lowest BCUT2D eigenvalue weighted by Crippen LogP contribution is -2.23. The molecule has 72 valence electrons. The van der Waals surface area contributed by atoms with Gasteiger partial charge in [-0.3, -0.25) is 0 Å². The van der Waals surface area contributed by atoms with Crippen LogP contribution < -0.4 is 5.73 Å². The van der Waals surface area contributed by atoms with E-state index in [-0.39, 0.29) is 5.92 Å². The molecule has 13 heavy (non-hydrogen) atoms. The molecule has 0 aliphatic rings. The highest BCUT2D eigenvalue weighted by Gasteiger charge is 2.17. The van der Waals surface area contributed by atoms with Crippen LogP contribution in [0.5, 0.6) is 0 Å². The summed E-state index contributed by atoms with van der Waals surface area (Å²) in [5.41, 5.74) is 6.66. The molecule has 0 amide bonds. The number of halogens is 1. The summed E-state index contributed by atoms with van der Waals surface area (Å²) in [4.78, 5) is 0. The van der Waals surface area contributed by atoms with Crippen molar-refractivity contribution in [2.24, 2.45) is 5.73 Å². The number of benzene rings is 1. The van der Waals surface area contributed by atoms with Crippen LogP contribution >= 0.6 is 15.9 Å². The Kier molecular flexibility index (Phi) is 3.90. The lowest BCUT2D eigenvalue weighted by atomic mass is 9.94. The van der Waals surface area contributed by atoms with Crippen molar-refractivity contribution < 1.29 is 5.11 Å². The largest absolute Gasteiger partial charge is 0.393 e. The minimum Gasteiger partial charge on any atom is -0.393 e. The molecule has 0 aromatic heterocycles. The van der Waals surface area contributed by atoms with Crippen molar-refractivity contribution in [3.8, 4) is 0 Å². The number of aliphatic hydroxyl groups is 1. The third-order valence-corrected chi connectivity index (χ3v) is 2.86. The van der Waals surface area contributed by atoms with Gasteiger partial charge in [0.05, 0.1) is 6.10 Å². The second kappa shape index (κ2) is 4.74. The van der Waals surface area contributed by atoms with Gasteiger partial charge in [0.25, 0.3) is 0 Å². The summed E-state index contributed by atoms with van der Waals surface area (Å²) in [6.45, 7) is 2.22. The second-order valence-electron chi connectivity index (χ2n) is 3.10. The summed E-state index contributed by atoms with van der Waals surface area (Å²) < 4.78 is 1.01. The third kappa shape index (κ3) is 2.53. The fourth-order valence-electron chi connectivity index (χ4n) is 1.36. The molecule has 0 aliphatic carbocycles. The summed E-state index contributed by atoms with van der Waals surface area (Å²) in [7, 11) is 0. The molecule has 2 atom stereocenters. The molecule has 1 rings (SSSR count). The van der Waals surface area contributed by atoms with Gasteiger partial charge < -0.3 is 10.8 Å². The fraction of sp³-hybridized carbons (Fsp3) is 0.400. The van der Waals surface area contributed by atoms with E-state index in [1.54, 1.807) is 6.92 Å². The van der Waals surface area contributed by atoms with Gasteiger partial charge in [-0.1, -0.05) is 34.1 Å².